The van der Waals surface area contributed by atoms with Gasteiger partial charge in [0.1, 0.15) is 23.1 Å². The van der Waals surface area contributed by atoms with Crippen LogP contribution in [0.2, 0.25) is 5.28 Å². The monoisotopic (exact) mass is 900 g/mol. The zero-order chi connectivity index (χ0) is 45.0. The average molecular weight is 901 g/mol. The Kier molecular flexibility index (Phi) is 13.9. The van der Waals surface area contributed by atoms with Crippen LogP contribution in [-0.2, 0) is 32.6 Å². The number of esters is 1. The van der Waals surface area contributed by atoms with Crippen LogP contribution < -0.4 is 15.4 Å². The largest absolute Gasteiger partial charge is 0.465 e. The third kappa shape index (κ3) is 10.9. The molecule has 0 spiro atoms. The third-order valence-corrected chi connectivity index (χ3v) is 11.4. The van der Waals surface area contributed by atoms with E-state index in [0.717, 1.165) is 49.9 Å². The van der Waals surface area contributed by atoms with Gasteiger partial charge in [0.25, 0.3) is 0 Å². The topological polar surface area (TPSA) is 187 Å². The van der Waals surface area contributed by atoms with Gasteiger partial charge < -0.3 is 15.4 Å². The number of pyridine rings is 3. The van der Waals surface area contributed by atoms with E-state index in [1.165, 1.54) is 18.5 Å². The van der Waals surface area contributed by atoms with Crippen LogP contribution in [0.3, 0.4) is 0 Å². The van der Waals surface area contributed by atoms with E-state index in [2.05, 4.69) is 58.5 Å². The van der Waals surface area contributed by atoms with Crippen molar-refractivity contribution in [2.45, 2.75) is 24.9 Å². The Labute approximate surface area is 380 Å². The lowest BCUT2D eigenvalue weighted by atomic mass is 10.0. The predicted octanol–water partition coefficient (Wildman–Crippen LogP) is 9.16. The lowest BCUT2D eigenvalue weighted by molar-refractivity contribution is -0.141. The molecule has 3 N–H and O–H groups in total. The van der Waals surface area contributed by atoms with Crippen LogP contribution in [-0.4, -0.2) is 62.4 Å². The maximum atomic E-state index is 12.8. The molecule has 5 heterocycles. The third-order valence-electron chi connectivity index (χ3n) is 9.91. The van der Waals surface area contributed by atoms with Crippen molar-refractivity contribution in [2.24, 2.45) is 0 Å². The van der Waals surface area contributed by atoms with E-state index in [-0.39, 0.29) is 22.6 Å². The maximum Gasteiger partial charge on any atom is 0.321 e. The minimum atomic E-state index is -4.04. The molecule has 0 amide bonds. The van der Waals surface area contributed by atoms with E-state index >= 15 is 0 Å². The molecule has 65 heavy (non-hydrogen) atoms. The molecule has 14 nitrogen and oxygen atoms in total. The van der Waals surface area contributed by atoms with Gasteiger partial charge in [0.2, 0.25) is 15.3 Å². The first-order valence-corrected chi connectivity index (χ1v) is 22.4. The van der Waals surface area contributed by atoms with Crippen molar-refractivity contribution in [2.75, 3.05) is 23.8 Å². The molecule has 9 rings (SSSR count). The summed E-state index contributed by atoms with van der Waals surface area (Å²) >= 11 is 6.13. The Morgan fingerprint density at radius 3 is 1.72 bits per heavy atom. The van der Waals surface area contributed by atoms with Gasteiger partial charge in [0, 0.05) is 30.4 Å². The van der Waals surface area contributed by atoms with E-state index in [1.54, 1.807) is 19.3 Å². The number of rotatable bonds is 14. The molecular formula is C49H41ClN10O4S. The number of benzene rings is 4. The summed E-state index contributed by atoms with van der Waals surface area (Å²) in [6.07, 6.45) is 6.20. The Bertz CT molecular complexity index is 3170. The predicted molar refractivity (Wildman–Crippen MR) is 253 cm³/mol. The summed E-state index contributed by atoms with van der Waals surface area (Å²) in [5.74, 6) is 0.890. The van der Waals surface area contributed by atoms with Crippen LogP contribution >= 0.6 is 11.6 Å². The number of nitrogens with one attached hydrogen (secondary N) is 3. The van der Waals surface area contributed by atoms with Crippen molar-refractivity contribution >= 4 is 61.0 Å². The van der Waals surface area contributed by atoms with Gasteiger partial charge in [-0.3, -0.25) is 19.7 Å². The van der Waals surface area contributed by atoms with E-state index in [1.807, 2.05) is 115 Å². The molecule has 0 aliphatic carbocycles. The van der Waals surface area contributed by atoms with E-state index in [4.69, 9.17) is 26.3 Å². The first-order valence-electron chi connectivity index (χ1n) is 20.5. The summed E-state index contributed by atoms with van der Waals surface area (Å²) in [5.41, 5.74) is 7.77. The van der Waals surface area contributed by atoms with Gasteiger partial charge >= 0.3 is 5.97 Å². The van der Waals surface area contributed by atoms with E-state index < -0.39 is 22.5 Å². The van der Waals surface area contributed by atoms with Crippen molar-refractivity contribution in [3.05, 3.63) is 181 Å². The number of anilines is 2. The number of halogens is 1. The Hall–Kier alpha value is -7.72. The van der Waals surface area contributed by atoms with E-state index in [0.29, 0.717) is 35.8 Å². The molecule has 0 fully saturated rings. The van der Waals surface area contributed by atoms with Crippen molar-refractivity contribution in [1.29, 1.82) is 0 Å². The number of hydrogen-bond acceptors (Lipinski definition) is 13. The standard InChI is InChI=1S/C29H26N6O4S.C20H15ClN4/c1-2-39-26(36)19-33-40(37,38)23-15-21(16-30-18-23)28-34-25-13-8-12-24(20-9-4-3-5-10-20)27(25)29(35-28)32-17-22-11-6-7-14-31-22;21-20-24-17-11-6-10-16(14-7-2-1-3-8-14)18(17)19(25-20)23-13-15-9-4-5-12-22-15/h3-16,18,33H,2,17,19H2,1H3,(H,32,34,35);1-12H,13H2,(H,23,24,25). The van der Waals surface area contributed by atoms with Gasteiger partial charge in [0.15, 0.2) is 5.82 Å². The quantitative estimate of drug-likeness (QED) is 0.0693. The van der Waals surface area contributed by atoms with Crippen LogP contribution in [0, 0.1) is 0 Å². The first kappa shape index (κ1) is 43.9. The molecule has 4 aromatic carbocycles. The van der Waals surface area contributed by atoms with Crippen molar-refractivity contribution in [1.82, 2.24) is 39.6 Å². The number of ether oxygens (including phenoxy) is 1. The summed E-state index contributed by atoms with van der Waals surface area (Å²) in [4.78, 5) is 42.8. The summed E-state index contributed by atoms with van der Waals surface area (Å²) in [6.45, 7) is 2.29. The van der Waals surface area contributed by atoms with Crippen LogP contribution in [0.5, 0.6) is 0 Å². The molecule has 0 saturated carbocycles. The Balaban J connectivity index is 0.000000197. The van der Waals surface area contributed by atoms with Gasteiger partial charge in [-0.15, -0.1) is 0 Å². The number of fused-ring (bicyclic) bond motifs is 2. The van der Waals surface area contributed by atoms with Gasteiger partial charge in [0.05, 0.1) is 52.9 Å². The molecule has 0 aliphatic heterocycles. The number of sulfonamides is 1. The average Bonchev–Trinajstić information content (AvgIpc) is 3.35. The van der Waals surface area contributed by atoms with Crippen molar-refractivity contribution in [3.63, 3.8) is 0 Å². The summed E-state index contributed by atoms with van der Waals surface area (Å²) in [5, 5.41) is 8.75. The summed E-state index contributed by atoms with van der Waals surface area (Å²) < 4.78 is 32.7. The van der Waals surface area contributed by atoms with Gasteiger partial charge in [-0.1, -0.05) is 97.1 Å². The summed E-state index contributed by atoms with van der Waals surface area (Å²) in [7, 11) is -4.04. The number of carbonyl (C=O) groups excluding carboxylic acids is 1. The van der Waals surface area contributed by atoms with Crippen LogP contribution in [0.1, 0.15) is 18.3 Å². The van der Waals surface area contributed by atoms with Crippen molar-refractivity contribution in [3.8, 4) is 33.6 Å². The zero-order valence-corrected chi connectivity index (χ0v) is 36.5. The highest BCUT2D eigenvalue weighted by molar-refractivity contribution is 7.89. The highest BCUT2D eigenvalue weighted by Crippen LogP contribution is 2.35. The number of aromatic nitrogens is 7. The molecule has 0 atom stereocenters. The number of nitrogens with zero attached hydrogens (tertiary/aromatic N) is 7. The highest BCUT2D eigenvalue weighted by atomic mass is 35.5. The Morgan fingerprint density at radius 1 is 0.615 bits per heavy atom. The van der Waals surface area contributed by atoms with Gasteiger partial charge in [-0.2, -0.15) is 4.72 Å². The second kappa shape index (κ2) is 20.6. The lowest BCUT2D eigenvalue weighted by Gasteiger charge is -2.15. The second-order valence-electron chi connectivity index (χ2n) is 14.3. The molecule has 16 heteroatoms. The van der Waals surface area contributed by atoms with Crippen LogP contribution in [0.4, 0.5) is 11.6 Å². The molecule has 0 bridgehead atoms. The fourth-order valence-corrected chi connectivity index (χ4v) is 8.06. The summed E-state index contributed by atoms with van der Waals surface area (Å²) in [6, 6.07) is 44.9. The van der Waals surface area contributed by atoms with E-state index in [9.17, 15) is 13.2 Å². The lowest BCUT2D eigenvalue weighted by Crippen LogP contribution is -2.30. The van der Waals surface area contributed by atoms with Gasteiger partial charge in [-0.05, 0) is 83.2 Å². The molecule has 5 aromatic heterocycles. The Morgan fingerprint density at radius 2 is 1.17 bits per heavy atom. The second-order valence-corrected chi connectivity index (χ2v) is 16.4. The molecular weight excluding hydrogens is 860 g/mol. The highest BCUT2D eigenvalue weighted by Gasteiger charge is 2.20. The molecule has 9 aromatic rings. The molecule has 0 unspecified atom stereocenters. The molecule has 0 radical (unpaired) electrons. The first-order chi connectivity index (χ1) is 31.8. The minimum absolute atomic E-state index is 0.126. The van der Waals surface area contributed by atoms with Crippen LogP contribution in [0.15, 0.2) is 169 Å². The zero-order valence-electron chi connectivity index (χ0n) is 35.0. The number of hydrogen-bond donors (Lipinski definition) is 3. The smallest absolute Gasteiger partial charge is 0.321 e. The molecule has 324 valence electrons. The minimum Gasteiger partial charge on any atom is -0.465 e. The SMILES string of the molecule is CCOC(=O)CNS(=O)(=O)c1cncc(-c2nc(NCc3ccccn3)c3c(-c4ccccc4)cccc3n2)c1.Clc1nc(NCc2ccccn2)c2c(-c3ccccc3)cccc2n1. The van der Waals surface area contributed by atoms with Crippen LogP contribution in [0.25, 0.3) is 55.4 Å². The maximum absolute atomic E-state index is 12.8. The normalized spacial score (nSPS) is 11.1. The number of carbonyl (C=O) groups is 1. The van der Waals surface area contributed by atoms with Gasteiger partial charge in [-0.25, -0.2) is 28.4 Å². The molecule has 0 saturated heterocycles. The fourth-order valence-electron chi connectivity index (χ4n) is 6.93. The molecule has 0 aliphatic rings. The fraction of sp³-hybridized carbons (Fsp3) is 0.102. The van der Waals surface area contributed by atoms with Crippen molar-refractivity contribution < 1.29 is 17.9 Å².